The minimum absolute atomic E-state index is 0.0472. The molecule has 6 nitrogen and oxygen atoms in total. The summed E-state index contributed by atoms with van der Waals surface area (Å²) in [5.74, 6) is 1.58. The van der Waals surface area contributed by atoms with E-state index in [1.807, 2.05) is 48.5 Å². The Morgan fingerprint density at radius 1 is 0.968 bits per heavy atom. The molecule has 0 aromatic heterocycles. The van der Waals surface area contributed by atoms with Gasteiger partial charge in [-0.15, -0.1) is 11.8 Å². The predicted molar refractivity (Wildman–Crippen MR) is 123 cm³/mol. The van der Waals surface area contributed by atoms with Crippen molar-refractivity contribution in [3.63, 3.8) is 0 Å². The number of hydrogen-bond donors (Lipinski definition) is 1. The van der Waals surface area contributed by atoms with E-state index in [1.54, 1.807) is 55.1 Å². The molecular weight excluding hydrogens is 412 g/mol. The Balaban J connectivity index is 1.56. The van der Waals surface area contributed by atoms with Crippen molar-refractivity contribution < 1.29 is 19.1 Å². The fourth-order valence-corrected chi connectivity index (χ4v) is 4.60. The predicted octanol–water partition coefficient (Wildman–Crippen LogP) is 4.73. The van der Waals surface area contributed by atoms with Crippen LogP contribution in [-0.4, -0.2) is 31.8 Å². The zero-order valence-corrected chi connectivity index (χ0v) is 18.0. The Bertz CT molecular complexity index is 1100. The quantitative estimate of drug-likeness (QED) is 0.607. The number of hydrogen-bond acceptors (Lipinski definition) is 5. The van der Waals surface area contributed by atoms with Crippen LogP contribution in [0.25, 0.3) is 0 Å². The monoisotopic (exact) mass is 434 g/mol. The second-order valence-electron chi connectivity index (χ2n) is 6.94. The number of thioether (sulfide) groups is 1. The molecule has 3 aromatic rings. The van der Waals surface area contributed by atoms with E-state index in [0.717, 1.165) is 17.0 Å². The van der Waals surface area contributed by atoms with Gasteiger partial charge in [0.2, 0.25) is 5.91 Å². The minimum atomic E-state index is -0.224. The van der Waals surface area contributed by atoms with E-state index in [9.17, 15) is 9.59 Å². The van der Waals surface area contributed by atoms with Crippen molar-refractivity contribution in [2.75, 3.05) is 30.2 Å². The summed E-state index contributed by atoms with van der Waals surface area (Å²) in [6.07, 6.45) is 0. The molecule has 0 unspecified atom stereocenters. The molecule has 0 bridgehead atoms. The number of methoxy groups -OCH3 is 2. The number of benzene rings is 3. The summed E-state index contributed by atoms with van der Waals surface area (Å²) in [4.78, 5) is 27.1. The lowest BCUT2D eigenvalue weighted by atomic mass is 10.1. The number of nitrogens with zero attached hydrogens (tertiary/aromatic N) is 1. The average molecular weight is 435 g/mol. The van der Waals surface area contributed by atoms with Crippen LogP contribution in [0.2, 0.25) is 0 Å². The molecule has 1 saturated heterocycles. The molecule has 1 aliphatic rings. The lowest BCUT2D eigenvalue weighted by molar-refractivity contribution is -0.115. The number of nitrogens with one attached hydrogen (secondary N) is 1. The Hall–Kier alpha value is -3.45. The number of amides is 2. The number of anilines is 2. The summed E-state index contributed by atoms with van der Waals surface area (Å²) in [5, 5.41) is 2.76. The van der Waals surface area contributed by atoms with Crippen molar-refractivity contribution in [1.82, 2.24) is 0 Å². The van der Waals surface area contributed by atoms with Crippen molar-refractivity contribution in [2.24, 2.45) is 0 Å². The molecule has 1 N–H and O–H groups in total. The van der Waals surface area contributed by atoms with Gasteiger partial charge < -0.3 is 14.8 Å². The van der Waals surface area contributed by atoms with Gasteiger partial charge in [0.25, 0.3) is 5.91 Å². The molecular formula is C24H22N2O4S. The van der Waals surface area contributed by atoms with E-state index < -0.39 is 0 Å². The minimum Gasteiger partial charge on any atom is -0.497 e. The Labute approximate surface area is 185 Å². The lowest BCUT2D eigenvalue weighted by Gasteiger charge is -2.25. The van der Waals surface area contributed by atoms with Gasteiger partial charge in [-0.3, -0.25) is 14.5 Å². The van der Waals surface area contributed by atoms with Gasteiger partial charge in [0.15, 0.2) is 0 Å². The highest BCUT2D eigenvalue weighted by Gasteiger charge is 2.34. The van der Waals surface area contributed by atoms with Gasteiger partial charge in [-0.1, -0.05) is 18.2 Å². The van der Waals surface area contributed by atoms with Crippen LogP contribution in [0.5, 0.6) is 11.5 Å². The first-order chi connectivity index (χ1) is 15.1. The van der Waals surface area contributed by atoms with Crippen molar-refractivity contribution in [1.29, 1.82) is 0 Å². The summed E-state index contributed by atoms with van der Waals surface area (Å²) in [6.45, 7) is 0. The van der Waals surface area contributed by atoms with Crippen molar-refractivity contribution >= 4 is 35.0 Å². The van der Waals surface area contributed by atoms with Crippen LogP contribution < -0.4 is 19.7 Å². The van der Waals surface area contributed by atoms with E-state index in [4.69, 9.17) is 9.47 Å². The molecule has 1 heterocycles. The molecule has 0 saturated carbocycles. The molecule has 4 rings (SSSR count). The lowest BCUT2D eigenvalue weighted by Crippen LogP contribution is -2.27. The molecule has 7 heteroatoms. The van der Waals surface area contributed by atoms with E-state index in [0.29, 0.717) is 22.8 Å². The highest BCUT2D eigenvalue weighted by Crippen LogP contribution is 2.42. The van der Waals surface area contributed by atoms with Crippen LogP contribution in [-0.2, 0) is 4.79 Å². The average Bonchev–Trinajstić information content (AvgIpc) is 3.20. The van der Waals surface area contributed by atoms with Gasteiger partial charge in [-0.25, -0.2) is 0 Å². The zero-order chi connectivity index (χ0) is 21.8. The summed E-state index contributed by atoms with van der Waals surface area (Å²) in [6, 6.07) is 22.0. The largest absolute Gasteiger partial charge is 0.497 e. The maximum absolute atomic E-state index is 12.7. The van der Waals surface area contributed by atoms with Gasteiger partial charge in [-0.05, 0) is 60.2 Å². The molecule has 158 valence electrons. The maximum Gasteiger partial charge on any atom is 0.255 e. The smallest absolute Gasteiger partial charge is 0.255 e. The summed E-state index contributed by atoms with van der Waals surface area (Å²) >= 11 is 1.56. The standard InChI is InChI=1S/C24H22N2O4S/c1-29-20-11-9-19(10-12-20)26-22(27)15-31-24(26)17-6-3-7-18(13-17)25-23(28)16-5-4-8-21(14-16)30-2/h3-14,24H,15H2,1-2H3,(H,25,28)/t24-/m1/s1. The second kappa shape index (κ2) is 9.14. The van der Waals surface area contributed by atoms with Crippen LogP contribution in [0.15, 0.2) is 72.8 Å². The fourth-order valence-electron chi connectivity index (χ4n) is 3.43. The molecule has 31 heavy (non-hydrogen) atoms. The van der Waals surface area contributed by atoms with Crippen molar-refractivity contribution in [3.8, 4) is 11.5 Å². The topological polar surface area (TPSA) is 67.9 Å². The first kappa shape index (κ1) is 20.8. The van der Waals surface area contributed by atoms with Crippen LogP contribution >= 0.6 is 11.8 Å². The molecule has 0 radical (unpaired) electrons. The van der Waals surface area contributed by atoms with Gasteiger partial charge in [-0.2, -0.15) is 0 Å². The molecule has 3 aromatic carbocycles. The van der Waals surface area contributed by atoms with Crippen molar-refractivity contribution in [3.05, 3.63) is 83.9 Å². The summed E-state index contributed by atoms with van der Waals surface area (Å²) in [5.41, 5.74) is 2.93. The fraction of sp³-hybridized carbons (Fsp3) is 0.167. The molecule has 1 fully saturated rings. The summed E-state index contributed by atoms with van der Waals surface area (Å²) in [7, 11) is 3.18. The van der Waals surface area contributed by atoms with Crippen molar-refractivity contribution in [2.45, 2.75) is 5.37 Å². The molecule has 1 atom stereocenters. The number of carbonyl (C=O) groups is 2. The normalized spacial score (nSPS) is 15.6. The third-order valence-electron chi connectivity index (χ3n) is 4.98. The molecule has 1 aliphatic heterocycles. The second-order valence-corrected chi connectivity index (χ2v) is 8.01. The zero-order valence-electron chi connectivity index (χ0n) is 17.2. The highest BCUT2D eigenvalue weighted by atomic mass is 32.2. The van der Waals surface area contributed by atoms with E-state index in [2.05, 4.69) is 5.32 Å². The number of ether oxygens (including phenoxy) is 2. The maximum atomic E-state index is 12.7. The Morgan fingerprint density at radius 3 is 2.45 bits per heavy atom. The Kier molecular flexibility index (Phi) is 6.13. The van der Waals surface area contributed by atoms with Gasteiger partial charge in [0.05, 0.1) is 20.0 Å². The SMILES string of the molecule is COc1ccc(N2C(=O)CS[C@@H]2c2cccc(NC(=O)c3cccc(OC)c3)c2)cc1. The summed E-state index contributed by atoms with van der Waals surface area (Å²) < 4.78 is 10.4. The van der Waals surface area contributed by atoms with E-state index >= 15 is 0 Å². The number of rotatable bonds is 6. The molecule has 0 aliphatic carbocycles. The van der Waals surface area contributed by atoms with E-state index in [1.165, 1.54) is 0 Å². The van der Waals surface area contributed by atoms with Gasteiger partial charge in [0.1, 0.15) is 16.9 Å². The van der Waals surface area contributed by atoms with Crippen LogP contribution in [0.4, 0.5) is 11.4 Å². The van der Waals surface area contributed by atoms with Crippen LogP contribution in [0, 0.1) is 0 Å². The number of carbonyl (C=O) groups excluding carboxylic acids is 2. The van der Waals surface area contributed by atoms with E-state index in [-0.39, 0.29) is 17.2 Å². The molecule has 0 spiro atoms. The van der Waals surface area contributed by atoms with Gasteiger partial charge >= 0.3 is 0 Å². The van der Waals surface area contributed by atoms with Crippen LogP contribution in [0.1, 0.15) is 21.3 Å². The van der Waals surface area contributed by atoms with Crippen LogP contribution in [0.3, 0.4) is 0 Å². The first-order valence-corrected chi connectivity index (χ1v) is 10.8. The Morgan fingerprint density at radius 2 is 1.71 bits per heavy atom. The molecule has 2 amide bonds. The third-order valence-corrected chi connectivity index (χ3v) is 6.19. The van der Waals surface area contributed by atoms with Gasteiger partial charge in [0, 0.05) is 16.9 Å². The third kappa shape index (κ3) is 4.51. The first-order valence-electron chi connectivity index (χ1n) is 9.72. The highest BCUT2D eigenvalue weighted by molar-refractivity contribution is 8.00.